The second-order valence-corrected chi connectivity index (χ2v) is 5.74. The molecular formula is C18H15BrN2O3. The lowest BCUT2D eigenvalue weighted by Gasteiger charge is -2.08. The minimum atomic E-state index is -0.483. The largest absolute Gasteiger partial charge is 0.504 e. The third-order valence-corrected chi connectivity index (χ3v) is 3.95. The van der Waals surface area contributed by atoms with Gasteiger partial charge in [-0.1, -0.05) is 46.3 Å². The first-order valence-corrected chi connectivity index (χ1v) is 7.85. The SMILES string of the molecule is COc1cc(Br)c(/C=C(\C#N)C(=O)NCc2ccccc2)cc1O. The van der Waals surface area contributed by atoms with E-state index in [4.69, 9.17) is 4.74 Å². The number of rotatable bonds is 5. The topological polar surface area (TPSA) is 82.3 Å². The molecular weight excluding hydrogens is 372 g/mol. The number of methoxy groups -OCH3 is 1. The monoisotopic (exact) mass is 386 g/mol. The fourth-order valence-corrected chi connectivity index (χ4v) is 2.45. The third kappa shape index (κ3) is 4.37. The molecule has 0 atom stereocenters. The number of phenolic OH excluding ortho intramolecular Hbond substituents is 1. The van der Waals surface area contributed by atoms with Gasteiger partial charge in [-0.25, -0.2) is 0 Å². The number of hydrogen-bond donors (Lipinski definition) is 2. The third-order valence-electron chi connectivity index (χ3n) is 3.26. The van der Waals surface area contributed by atoms with Crippen LogP contribution in [0.3, 0.4) is 0 Å². The van der Waals surface area contributed by atoms with E-state index in [1.165, 1.54) is 19.3 Å². The van der Waals surface area contributed by atoms with Gasteiger partial charge in [0.15, 0.2) is 11.5 Å². The molecule has 0 fully saturated rings. The molecule has 0 spiro atoms. The van der Waals surface area contributed by atoms with Crippen LogP contribution in [-0.4, -0.2) is 18.1 Å². The van der Waals surface area contributed by atoms with Crippen LogP contribution in [0.5, 0.6) is 11.5 Å². The lowest BCUT2D eigenvalue weighted by Crippen LogP contribution is -2.23. The van der Waals surface area contributed by atoms with Crippen molar-refractivity contribution in [1.29, 1.82) is 5.26 Å². The first-order chi connectivity index (χ1) is 11.5. The predicted octanol–water partition coefficient (Wildman–Crippen LogP) is 3.39. The average molecular weight is 387 g/mol. The van der Waals surface area contributed by atoms with Gasteiger partial charge >= 0.3 is 0 Å². The zero-order valence-electron chi connectivity index (χ0n) is 12.9. The van der Waals surface area contributed by atoms with Crippen molar-refractivity contribution in [2.75, 3.05) is 7.11 Å². The molecule has 0 bridgehead atoms. The van der Waals surface area contributed by atoms with Crippen LogP contribution in [0.15, 0.2) is 52.5 Å². The first-order valence-electron chi connectivity index (χ1n) is 7.05. The number of aromatic hydroxyl groups is 1. The number of carbonyl (C=O) groups excluding carboxylic acids is 1. The maximum Gasteiger partial charge on any atom is 0.262 e. The highest BCUT2D eigenvalue weighted by Crippen LogP contribution is 2.33. The summed E-state index contributed by atoms with van der Waals surface area (Å²) < 4.78 is 5.60. The molecule has 0 saturated heterocycles. The Labute approximate surface area is 148 Å². The van der Waals surface area contributed by atoms with Gasteiger partial charge in [-0.2, -0.15) is 5.26 Å². The Morgan fingerprint density at radius 3 is 2.71 bits per heavy atom. The number of amides is 1. The fraction of sp³-hybridized carbons (Fsp3) is 0.111. The number of ether oxygens (including phenoxy) is 1. The zero-order valence-corrected chi connectivity index (χ0v) is 14.5. The van der Waals surface area contributed by atoms with Crippen LogP contribution < -0.4 is 10.1 Å². The Balaban J connectivity index is 2.18. The molecule has 2 aromatic carbocycles. The summed E-state index contributed by atoms with van der Waals surface area (Å²) in [5, 5.41) is 21.8. The van der Waals surface area contributed by atoms with E-state index in [9.17, 15) is 15.2 Å². The van der Waals surface area contributed by atoms with Crippen molar-refractivity contribution in [2.45, 2.75) is 6.54 Å². The molecule has 2 rings (SSSR count). The molecule has 0 aliphatic rings. The summed E-state index contributed by atoms with van der Waals surface area (Å²) >= 11 is 3.33. The molecule has 0 unspecified atom stereocenters. The Morgan fingerprint density at radius 2 is 2.08 bits per heavy atom. The molecule has 0 aromatic heterocycles. The summed E-state index contributed by atoms with van der Waals surface area (Å²) in [5.41, 5.74) is 1.38. The Hall–Kier alpha value is -2.78. The van der Waals surface area contributed by atoms with Crippen molar-refractivity contribution in [1.82, 2.24) is 5.32 Å². The van der Waals surface area contributed by atoms with Gasteiger partial charge in [0.2, 0.25) is 0 Å². The molecule has 0 saturated carbocycles. The number of halogens is 1. The van der Waals surface area contributed by atoms with Crippen molar-refractivity contribution in [3.05, 3.63) is 63.6 Å². The van der Waals surface area contributed by atoms with Gasteiger partial charge in [0, 0.05) is 11.0 Å². The van der Waals surface area contributed by atoms with E-state index in [1.807, 2.05) is 36.4 Å². The van der Waals surface area contributed by atoms with Gasteiger partial charge in [0.1, 0.15) is 11.6 Å². The van der Waals surface area contributed by atoms with E-state index in [2.05, 4.69) is 21.2 Å². The molecule has 2 aromatic rings. The molecule has 0 radical (unpaired) electrons. The molecule has 122 valence electrons. The minimum absolute atomic E-state index is 0.0591. The number of benzene rings is 2. The number of hydrogen-bond acceptors (Lipinski definition) is 4. The average Bonchev–Trinajstić information content (AvgIpc) is 2.60. The van der Waals surface area contributed by atoms with Crippen molar-refractivity contribution in [3.63, 3.8) is 0 Å². The van der Waals surface area contributed by atoms with Gasteiger partial charge in [0.05, 0.1) is 7.11 Å². The van der Waals surface area contributed by atoms with Crippen LogP contribution in [0.25, 0.3) is 6.08 Å². The number of nitriles is 1. The standard InChI is InChI=1S/C18H15BrN2O3/c1-24-17-9-15(19)13(8-16(17)22)7-14(10-20)18(23)21-11-12-5-3-2-4-6-12/h2-9,22H,11H2,1H3,(H,21,23)/b14-7+. The quantitative estimate of drug-likeness (QED) is 0.609. The number of phenols is 1. The zero-order chi connectivity index (χ0) is 17.5. The Bertz CT molecular complexity index is 811. The highest BCUT2D eigenvalue weighted by Gasteiger charge is 2.12. The highest BCUT2D eigenvalue weighted by molar-refractivity contribution is 9.10. The maximum absolute atomic E-state index is 12.2. The molecule has 1 amide bonds. The fourth-order valence-electron chi connectivity index (χ4n) is 2.01. The lowest BCUT2D eigenvalue weighted by molar-refractivity contribution is -0.117. The summed E-state index contributed by atoms with van der Waals surface area (Å²) in [7, 11) is 1.44. The summed E-state index contributed by atoms with van der Waals surface area (Å²) in [6.45, 7) is 0.327. The number of carbonyl (C=O) groups is 1. The van der Waals surface area contributed by atoms with Crippen LogP contribution >= 0.6 is 15.9 Å². The molecule has 2 N–H and O–H groups in total. The van der Waals surface area contributed by atoms with E-state index in [1.54, 1.807) is 6.07 Å². The molecule has 0 heterocycles. The van der Waals surface area contributed by atoms with Crippen LogP contribution in [-0.2, 0) is 11.3 Å². The summed E-state index contributed by atoms with van der Waals surface area (Å²) in [4.78, 5) is 12.2. The van der Waals surface area contributed by atoms with Crippen molar-refractivity contribution < 1.29 is 14.6 Å². The maximum atomic E-state index is 12.2. The molecule has 5 nitrogen and oxygen atoms in total. The van der Waals surface area contributed by atoms with Crippen LogP contribution in [0, 0.1) is 11.3 Å². The minimum Gasteiger partial charge on any atom is -0.504 e. The van der Waals surface area contributed by atoms with E-state index in [0.29, 0.717) is 22.3 Å². The van der Waals surface area contributed by atoms with Crippen molar-refractivity contribution >= 4 is 27.9 Å². The molecule has 0 aliphatic heterocycles. The van der Waals surface area contributed by atoms with Crippen molar-refractivity contribution in [2.24, 2.45) is 0 Å². The van der Waals surface area contributed by atoms with E-state index < -0.39 is 5.91 Å². The first kappa shape index (κ1) is 17.6. The van der Waals surface area contributed by atoms with Gasteiger partial charge in [-0.15, -0.1) is 0 Å². The number of nitrogens with zero attached hydrogens (tertiary/aromatic N) is 1. The van der Waals surface area contributed by atoms with Crippen molar-refractivity contribution in [3.8, 4) is 17.6 Å². The van der Waals surface area contributed by atoms with Gasteiger partial charge in [-0.05, 0) is 29.3 Å². The second kappa shape index (κ2) is 8.18. The Kier molecular flexibility index (Phi) is 5.99. The smallest absolute Gasteiger partial charge is 0.262 e. The second-order valence-electron chi connectivity index (χ2n) is 4.88. The van der Waals surface area contributed by atoms with E-state index >= 15 is 0 Å². The molecule has 0 aliphatic carbocycles. The molecule has 24 heavy (non-hydrogen) atoms. The van der Waals surface area contributed by atoms with Gasteiger partial charge < -0.3 is 15.2 Å². The summed E-state index contributed by atoms with van der Waals surface area (Å²) in [5.74, 6) is -0.261. The van der Waals surface area contributed by atoms with Gasteiger partial charge in [0.25, 0.3) is 5.91 Å². The molecule has 6 heteroatoms. The van der Waals surface area contributed by atoms with Crippen LogP contribution in [0.2, 0.25) is 0 Å². The van der Waals surface area contributed by atoms with Gasteiger partial charge in [-0.3, -0.25) is 4.79 Å². The van der Waals surface area contributed by atoms with E-state index in [0.717, 1.165) is 5.56 Å². The van der Waals surface area contributed by atoms with E-state index in [-0.39, 0.29) is 11.3 Å². The summed E-state index contributed by atoms with van der Waals surface area (Å²) in [6.07, 6.45) is 1.41. The summed E-state index contributed by atoms with van der Waals surface area (Å²) in [6, 6.07) is 14.3. The van der Waals surface area contributed by atoms with Crippen LogP contribution in [0.4, 0.5) is 0 Å². The lowest BCUT2D eigenvalue weighted by atomic mass is 10.1. The number of nitrogens with one attached hydrogen (secondary N) is 1. The highest BCUT2D eigenvalue weighted by atomic mass is 79.9. The van der Waals surface area contributed by atoms with Crippen LogP contribution in [0.1, 0.15) is 11.1 Å². The predicted molar refractivity (Wildman–Crippen MR) is 94.2 cm³/mol. The normalized spacial score (nSPS) is 10.8. The Morgan fingerprint density at radius 1 is 1.38 bits per heavy atom.